The Bertz CT molecular complexity index is 365. The standard InChI is InChI=1S/C9H9F6NO2/c1-3-4(2)16-5(17)7(10,11)9(14,15)8(12,13)6(16)18/h4H,3H2,1-2H3/t4-/m0/s1. The third kappa shape index (κ3) is 1.52. The van der Waals surface area contributed by atoms with Gasteiger partial charge in [0.15, 0.2) is 0 Å². The molecule has 3 nitrogen and oxygen atoms in total. The van der Waals surface area contributed by atoms with Gasteiger partial charge in [0.1, 0.15) is 0 Å². The lowest BCUT2D eigenvalue weighted by Gasteiger charge is -2.42. The number of hydrogen-bond donors (Lipinski definition) is 0. The highest BCUT2D eigenvalue weighted by molar-refractivity contribution is 6.06. The topological polar surface area (TPSA) is 37.4 Å². The Kier molecular flexibility index (Phi) is 3.17. The van der Waals surface area contributed by atoms with Crippen LogP contribution in [0.1, 0.15) is 20.3 Å². The van der Waals surface area contributed by atoms with E-state index in [9.17, 15) is 35.9 Å². The average Bonchev–Trinajstić information content (AvgIpc) is 2.26. The summed E-state index contributed by atoms with van der Waals surface area (Å²) in [5.74, 6) is -22.5. The number of halogens is 6. The van der Waals surface area contributed by atoms with Gasteiger partial charge in [0, 0.05) is 6.04 Å². The molecule has 0 aromatic rings. The molecule has 0 N–H and O–H groups in total. The molecule has 18 heavy (non-hydrogen) atoms. The molecule has 0 bridgehead atoms. The van der Waals surface area contributed by atoms with Gasteiger partial charge in [0.2, 0.25) is 0 Å². The minimum absolute atomic E-state index is 0.116. The zero-order valence-electron chi connectivity index (χ0n) is 9.32. The highest BCUT2D eigenvalue weighted by atomic mass is 19.3. The summed E-state index contributed by atoms with van der Waals surface area (Å²) in [5.41, 5.74) is 0. The van der Waals surface area contributed by atoms with E-state index in [1.54, 1.807) is 0 Å². The predicted molar refractivity (Wildman–Crippen MR) is 46.4 cm³/mol. The molecule has 1 saturated heterocycles. The summed E-state index contributed by atoms with van der Waals surface area (Å²) in [4.78, 5) is 21.7. The molecular weight excluding hydrogens is 268 g/mol. The fraction of sp³-hybridized carbons (Fsp3) is 0.778. The van der Waals surface area contributed by atoms with Gasteiger partial charge in [-0.3, -0.25) is 14.5 Å². The Morgan fingerprint density at radius 2 is 1.33 bits per heavy atom. The van der Waals surface area contributed by atoms with Gasteiger partial charge < -0.3 is 0 Å². The van der Waals surface area contributed by atoms with Crippen molar-refractivity contribution in [2.24, 2.45) is 0 Å². The molecule has 1 aliphatic heterocycles. The van der Waals surface area contributed by atoms with E-state index < -0.39 is 40.5 Å². The maximum absolute atomic E-state index is 13.0. The number of alkyl halides is 6. The van der Waals surface area contributed by atoms with Crippen LogP contribution in [0.2, 0.25) is 0 Å². The Balaban J connectivity index is 3.40. The van der Waals surface area contributed by atoms with E-state index in [1.807, 2.05) is 0 Å². The molecule has 0 aromatic heterocycles. The zero-order valence-corrected chi connectivity index (χ0v) is 9.32. The molecule has 1 fully saturated rings. The van der Waals surface area contributed by atoms with E-state index in [1.165, 1.54) is 6.92 Å². The molecule has 1 aliphatic rings. The first-order chi connectivity index (χ1) is 7.92. The van der Waals surface area contributed by atoms with E-state index in [-0.39, 0.29) is 6.42 Å². The van der Waals surface area contributed by atoms with Gasteiger partial charge in [0.25, 0.3) is 0 Å². The number of nitrogens with zero attached hydrogens (tertiary/aromatic N) is 1. The number of carbonyl (C=O) groups is 2. The van der Waals surface area contributed by atoms with Gasteiger partial charge in [-0.1, -0.05) is 6.92 Å². The van der Waals surface area contributed by atoms with E-state index in [2.05, 4.69) is 0 Å². The lowest BCUT2D eigenvalue weighted by molar-refractivity contribution is -0.307. The normalized spacial score (nSPS) is 27.2. The third-order valence-electron chi connectivity index (χ3n) is 2.80. The third-order valence-corrected chi connectivity index (χ3v) is 2.80. The van der Waals surface area contributed by atoms with Crippen molar-refractivity contribution in [3.8, 4) is 0 Å². The van der Waals surface area contributed by atoms with Gasteiger partial charge in [0.05, 0.1) is 0 Å². The highest BCUT2D eigenvalue weighted by Gasteiger charge is 2.83. The lowest BCUT2D eigenvalue weighted by atomic mass is 9.95. The van der Waals surface area contributed by atoms with Crippen LogP contribution in [0.4, 0.5) is 26.3 Å². The summed E-state index contributed by atoms with van der Waals surface area (Å²) in [5, 5.41) is 0. The van der Waals surface area contributed by atoms with Gasteiger partial charge in [-0.2, -0.15) is 26.3 Å². The van der Waals surface area contributed by atoms with Crippen LogP contribution in [0.25, 0.3) is 0 Å². The SMILES string of the molecule is CC[C@H](C)N1C(=O)C(F)(F)C(F)(F)C(F)(F)C1=O. The Morgan fingerprint density at radius 1 is 1.00 bits per heavy atom. The van der Waals surface area contributed by atoms with Crippen LogP contribution in [-0.4, -0.2) is 40.5 Å². The molecule has 104 valence electrons. The van der Waals surface area contributed by atoms with Crippen LogP contribution in [0, 0.1) is 0 Å². The molecule has 1 rings (SSSR count). The molecular formula is C9H9F6NO2. The van der Waals surface area contributed by atoms with Crippen molar-refractivity contribution in [1.29, 1.82) is 0 Å². The van der Waals surface area contributed by atoms with Crippen molar-refractivity contribution >= 4 is 11.8 Å². The average molecular weight is 277 g/mol. The first kappa shape index (κ1) is 14.8. The Morgan fingerprint density at radius 3 is 1.61 bits per heavy atom. The molecule has 1 atom stereocenters. The van der Waals surface area contributed by atoms with Crippen LogP contribution < -0.4 is 0 Å². The molecule has 0 saturated carbocycles. The van der Waals surface area contributed by atoms with Gasteiger partial charge >= 0.3 is 29.6 Å². The smallest absolute Gasteiger partial charge is 0.269 e. The summed E-state index contributed by atoms with van der Waals surface area (Å²) in [6.07, 6.45) is -0.116. The second-order valence-electron chi connectivity index (χ2n) is 3.96. The molecule has 2 amide bonds. The quantitative estimate of drug-likeness (QED) is 0.572. The maximum Gasteiger partial charge on any atom is 0.393 e. The molecule has 1 heterocycles. The molecule has 0 unspecified atom stereocenters. The first-order valence-corrected chi connectivity index (χ1v) is 4.94. The Hall–Kier alpha value is -1.28. The minimum atomic E-state index is -6.03. The predicted octanol–water partition coefficient (Wildman–Crippen LogP) is 2.06. The fourth-order valence-corrected chi connectivity index (χ4v) is 1.44. The van der Waals surface area contributed by atoms with Crippen molar-refractivity contribution < 1.29 is 35.9 Å². The van der Waals surface area contributed by atoms with Crippen LogP contribution in [0.3, 0.4) is 0 Å². The summed E-state index contributed by atoms with van der Waals surface area (Å²) >= 11 is 0. The van der Waals surface area contributed by atoms with E-state index >= 15 is 0 Å². The number of imide groups is 1. The Labute approximate surface area is 97.7 Å². The van der Waals surface area contributed by atoms with Crippen molar-refractivity contribution in [3.05, 3.63) is 0 Å². The molecule has 0 spiro atoms. The van der Waals surface area contributed by atoms with Gasteiger partial charge in [-0.25, -0.2) is 0 Å². The van der Waals surface area contributed by atoms with Crippen LogP contribution >= 0.6 is 0 Å². The number of hydrogen-bond acceptors (Lipinski definition) is 2. The van der Waals surface area contributed by atoms with Crippen molar-refractivity contribution in [1.82, 2.24) is 4.90 Å². The van der Waals surface area contributed by atoms with Crippen molar-refractivity contribution in [2.75, 3.05) is 0 Å². The summed E-state index contributed by atoms with van der Waals surface area (Å²) < 4.78 is 77.7. The van der Waals surface area contributed by atoms with Crippen LogP contribution in [-0.2, 0) is 9.59 Å². The van der Waals surface area contributed by atoms with Crippen molar-refractivity contribution in [2.45, 2.75) is 44.1 Å². The van der Waals surface area contributed by atoms with Crippen LogP contribution in [0.5, 0.6) is 0 Å². The second kappa shape index (κ2) is 3.86. The van der Waals surface area contributed by atoms with E-state index in [4.69, 9.17) is 0 Å². The second-order valence-corrected chi connectivity index (χ2v) is 3.96. The molecule has 0 radical (unpaired) electrons. The lowest BCUT2D eigenvalue weighted by Crippen LogP contribution is -2.73. The molecule has 0 aliphatic carbocycles. The number of carbonyl (C=O) groups excluding carboxylic acids is 2. The number of rotatable bonds is 2. The summed E-state index contributed by atoms with van der Waals surface area (Å²) in [6, 6.07) is -1.32. The highest BCUT2D eigenvalue weighted by Crippen LogP contribution is 2.51. The summed E-state index contributed by atoms with van der Waals surface area (Å²) in [7, 11) is 0. The van der Waals surface area contributed by atoms with Crippen LogP contribution in [0.15, 0.2) is 0 Å². The number of amides is 2. The van der Waals surface area contributed by atoms with Crippen molar-refractivity contribution in [3.63, 3.8) is 0 Å². The van der Waals surface area contributed by atoms with Gasteiger partial charge in [-0.05, 0) is 13.3 Å². The minimum Gasteiger partial charge on any atom is -0.269 e. The molecule has 0 aromatic carbocycles. The first-order valence-electron chi connectivity index (χ1n) is 4.94. The number of piperidine rings is 1. The molecule has 9 heteroatoms. The van der Waals surface area contributed by atoms with Gasteiger partial charge in [-0.15, -0.1) is 0 Å². The number of likely N-dealkylation sites (tertiary alicyclic amines) is 1. The monoisotopic (exact) mass is 277 g/mol. The van der Waals surface area contributed by atoms with E-state index in [0.29, 0.717) is 0 Å². The fourth-order valence-electron chi connectivity index (χ4n) is 1.44. The zero-order chi connectivity index (χ0) is 14.5. The maximum atomic E-state index is 13.0. The van der Waals surface area contributed by atoms with E-state index in [0.717, 1.165) is 6.92 Å². The summed E-state index contributed by atoms with van der Waals surface area (Å²) in [6.45, 7) is 2.36. The largest absolute Gasteiger partial charge is 0.393 e.